The fraction of sp³-hybridized carbons (Fsp3) is 0.211. The first-order valence-electron chi connectivity index (χ1n) is 7.40. The van der Waals surface area contributed by atoms with E-state index in [1.54, 1.807) is 6.21 Å². The van der Waals surface area contributed by atoms with E-state index in [-0.39, 0.29) is 5.41 Å². The molecule has 3 nitrogen and oxygen atoms in total. The first kappa shape index (κ1) is 14.4. The zero-order chi connectivity index (χ0) is 15.7. The molecule has 3 rings (SSSR count). The second kappa shape index (κ2) is 5.34. The number of phenols is 1. The van der Waals surface area contributed by atoms with Gasteiger partial charge < -0.3 is 5.11 Å². The predicted molar refractivity (Wildman–Crippen MR) is 91.7 cm³/mol. The van der Waals surface area contributed by atoms with Crippen LogP contribution in [0.1, 0.15) is 31.9 Å². The Morgan fingerprint density at radius 1 is 1.00 bits per heavy atom. The Morgan fingerprint density at radius 2 is 1.77 bits per heavy atom. The van der Waals surface area contributed by atoms with Crippen LogP contribution < -0.4 is 0 Å². The topological polar surface area (TPSA) is 37.5 Å². The molecule has 1 N–H and O–H groups in total. The highest BCUT2D eigenvalue weighted by Gasteiger charge is 2.19. The summed E-state index contributed by atoms with van der Waals surface area (Å²) in [5.41, 5.74) is 2.60. The van der Waals surface area contributed by atoms with Gasteiger partial charge in [0, 0.05) is 17.1 Å². The van der Waals surface area contributed by atoms with Gasteiger partial charge in [0.25, 0.3) is 0 Å². The van der Waals surface area contributed by atoms with Crippen LogP contribution in [0, 0.1) is 0 Å². The summed E-state index contributed by atoms with van der Waals surface area (Å²) < 4.78 is 1.82. The SMILES string of the molecule is CC(C)(C)c1cccc(C=Nn2ccc3ccccc32)c1O. The number of nitrogens with zero attached hydrogens (tertiary/aromatic N) is 2. The predicted octanol–water partition coefficient (Wildman–Crippen LogP) is 4.53. The summed E-state index contributed by atoms with van der Waals surface area (Å²) in [7, 11) is 0. The Morgan fingerprint density at radius 3 is 2.55 bits per heavy atom. The molecule has 0 spiro atoms. The van der Waals surface area contributed by atoms with Crippen LogP contribution >= 0.6 is 0 Å². The Bertz CT molecular complexity index is 838. The van der Waals surface area contributed by atoms with E-state index >= 15 is 0 Å². The van der Waals surface area contributed by atoms with Crippen LogP contribution in [0.2, 0.25) is 0 Å². The fourth-order valence-electron chi connectivity index (χ4n) is 2.56. The maximum atomic E-state index is 10.5. The molecule has 0 aliphatic carbocycles. The number of aromatic nitrogens is 1. The third-order valence-electron chi connectivity index (χ3n) is 3.78. The fourth-order valence-corrected chi connectivity index (χ4v) is 2.56. The summed E-state index contributed by atoms with van der Waals surface area (Å²) in [6.45, 7) is 6.26. The van der Waals surface area contributed by atoms with Crippen molar-refractivity contribution < 1.29 is 5.11 Å². The van der Waals surface area contributed by atoms with E-state index in [0.29, 0.717) is 5.75 Å². The average Bonchev–Trinajstić information content (AvgIpc) is 2.88. The lowest BCUT2D eigenvalue weighted by atomic mass is 9.85. The van der Waals surface area contributed by atoms with E-state index in [0.717, 1.165) is 22.0 Å². The van der Waals surface area contributed by atoms with Gasteiger partial charge in [-0.05, 0) is 29.2 Å². The van der Waals surface area contributed by atoms with Crippen molar-refractivity contribution in [2.75, 3.05) is 0 Å². The lowest BCUT2D eigenvalue weighted by Gasteiger charge is -2.21. The number of hydrogen-bond acceptors (Lipinski definition) is 2. The molecule has 2 aromatic carbocycles. The lowest BCUT2D eigenvalue weighted by Crippen LogP contribution is -2.11. The van der Waals surface area contributed by atoms with Gasteiger partial charge >= 0.3 is 0 Å². The van der Waals surface area contributed by atoms with Gasteiger partial charge in [-0.25, -0.2) is 4.68 Å². The largest absolute Gasteiger partial charge is 0.507 e. The highest BCUT2D eigenvalue weighted by Crippen LogP contribution is 2.32. The minimum absolute atomic E-state index is 0.103. The van der Waals surface area contributed by atoms with Gasteiger partial charge in [-0.1, -0.05) is 51.1 Å². The first-order chi connectivity index (χ1) is 10.5. The van der Waals surface area contributed by atoms with Gasteiger partial charge in [-0.15, -0.1) is 0 Å². The van der Waals surface area contributed by atoms with Gasteiger partial charge in [0.15, 0.2) is 0 Å². The molecule has 0 fully saturated rings. The Labute approximate surface area is 130 Å². The van der Waals surface area contributed by atoms with E-state index < -0.39 is 0 Å². The minimum Gasteiger partial charge on any atom is -0.507 e. The summed E-state index contributed by atoms with van der Waals surface area (Å²) in [5.74, 6) is 0.301. The van der Waals surface area contributed by atoms with Crippen molar-refractivity contribution in [2.45, 2.75) is 26.2 Å². The van der Waals surface area contributed by atoms with E-state index in [1.165, 1.54) is 0 Å². The second-order valence-corrected chi connectivity index (χ2v) is 6.46. The third kappa shape index (κ3) is 2.62. The molecule has 0 saturated heterocycles. The van der Waals surface area contributed by atoms with Crippen molar-refractivity contribution >= 4 is 17.1 Å². The minimum atomic E-state index is -0.103. The van der Waals surface area contributed by atoms with E-state index in [4.69, 9.17) is 0 Å². The monoisotopic (exact) mass is 292 g/mol. The zero-order valence-corrected chi connectivity index (χ0v) is 13.1. The average molecular weight is 292 g/mol. The van der Waals surface area contributed by atoms with E-state index in [2.05, 4.69) is 31.9 Å². The van der Waals surface area contributed by atoms with Gasteiger partial charge in [0.2, 0.25) is 0 Å². The molecule has 1 heterocycles. The van der Waals surface area contributed by atoms with Crippen molar-refractivity contribution in [1.29, 1.82) is 0 Å². The van der Waals surface area contributed by atoms with Gasteiger partial charge in [0.1, 0.15) is 5.75 Å². The van der Waals surface area contributed by atoms with Crippen molar-refractivity contribution in [3.8, 4) is 5.75 Å². The third-order valence-corrected chi connectivity index (χ3v) is 3.78. The molecule has 0 amide bonds. The molecule has 3 heteroatoms. The van der Waals surface area contributed by atoms with Crippen LogP contribution in [0.5, 0.6) is 5.75 Å². The zero-order valence-electron chi connectivity index (χ0n) is 13.1. The van der Waals surface area contributed by atoms with Crippen molar-refractivity contribution in [2.24, 2.45) is 5.10 Å². The number of rotatable bonds is 2. The number of aromatic hydroxyl groups is 1. The van der Waals surface area contributed by atoms with Crippen molar-refractivity contribution in [3.05, 3.63) is 65.9 Å². The van der Waals surface area contributed by atoms with Gasteiger partial charge in [-0.2, -0.15) is 5.10 Å². The Hall–Kier alpha value is -2.55. The summed E-state index contributed by atoms with van der Waals surface area (Å²) in [6.07, 6.45) is 3.63. The summed E-state index contributed by atoms with van der Waals surface area (Å²) in [4.78, 5) is 0. The standard InChI is InChI=1S/C19H20N2O/c1-19(2,3)16-9-6-8-15(18(16)22)13-20-21-12-11-14-7-4-5-10-17(14)21/h4-13,22H,1-3H3. The van der Waals surface area contributed by atoms with Crippen LogP contribution in [-0.4, -0.2) is 16.0 Å². The number of phenolic OH excluding ortho intramolecular Hbond substituents is 1. The van der Waals surface area contributed by atoms with E-state index in [9.17, 15) is 5.11 Å². The van der Waals surface area contributed by atoms with Crippen molar-refractivity contribution in [1.82, 2.24) is 4.68 Å². The van der Waals surface area contributed by atoms with Gasteiger partial charge in [0.05, 0.1) is 11.7 Å². The second-order valence-electron chi connectivity index (χ2n) is 6.46. The number of benzene rings is 2. The van der Waals surface area contributed by atoms with Crippen LogP contribution in [0.3, 0.4) is 0 Å². The van der Waals surface area contributed by atoms with Crippen LogP contribution in [0.15, 0.2) is 59.8 Å². The molecule has 0 atom stereocenters. The molecule has 0 aliphatic heterocycles. The molecule has 0 saturated carbocycles. The Kier molecular flexibility index (Phi) is 3.49. The summed E-state index contributed by atoms with van der Waals surface area (Å²) in [5, 5.41) is 16.1. The summed E-state index contributed by atoms with van der Waals surface area (Å²) >= 11 is 0. The van der Waals surface area contributed by atoms with Gasteiger partial charge in [-0.3, -0.25) is 0 Å². The molecule has 1 aromatic heterocycles. The smallest absolute Gasteiger partial charge is 0.128 e. The number of fused-ring (bicyclic) bond motifs is 1. The molecule has 0 radical (unpaired) electrons. The molecular formula is C19H20N2O. The molecule has 0 bridgehead atoms. The van der Waals surface area contributed by atoms with Crippen LogP contribution in [0.25, 0.3) is 10.9 Å². The number of para-hydroxylation sites is 2. The molecule has 0 aliphatic rings. The maximum Gasteiger partial charge on any atom is 0.128 e. The molecule has 22 heavy (non-hydrogen) atoms. The van der Waals surface area contributed by atoms with E-state index in [1.807, 2.05) is 53.3 Å². The molecular weight excluding hydrogens is 272 g/mol. The Balaban J connectivity index is 2.00. The van der Waals surface area contributed by atoms with Crippen molar-refractivity contribution in [3.63, 3.8) is 0 Å². The molecule has 3 aromatic rings. The first-order valence-corrected chi connectivity index (χ1v) is 7.40. The summed E-state index contributed by atoms with van der Waals surface area (Å²) in [6, 6.07) is 15.9. The van der Waals surface area contributed by atoms with Crippen LogP contribution in [0.4, 0.5) is 0 Å². The highest BCUT2D eigenvalue weighted by atomic mass is 16.3. The maximum absolute atomic E-state index is 10.5. The molecule has 112 valence electrons. The normalized spacial score (nSPS) is 12.3. The van der Waals surface area contributed by atoms with Crippen LogP contribution in [-0.2, 0) is 5.41 Å². The molecule has 0 unspecified atom stereocenters. The number of hydrogen-bond donors (Lipinski definition) is 1. The quantitative estimate of drug-likeness (QED) is 0.692. The lowest BCUT2D eigenvalue weighted by molar-refractivity contribution is 0.446. The highest BCUT2D eigenvalue weighted by molar-refractivity contribution is 5.85.